The number of nitrogens with zero attached hydrogens (tertiary/aromatic N) is 5. The van der Waals surface area contributed by atoms with Gasteiger partial charge in [0, 0.05) is 37.8 Å². The maximum Gasteiger partial charge on any atom is 0.289 e. The molecule has 0 N–H and O–H groups in total. The maximum absolute atomic E-state index is 13.0. The summed E-state index contributed by atoms with van der Waals surface area (Å²) in [6, 6.07) is 3.59. The maximum atomic E-state index is 13.0. The van der Waals surface area contributed by atoms with Crippen LogP contribution in [0.25, 0.3) is 0 Å². The summed E-state index contributed by atoms with van der Waals surface area (Å²) in [6.07, 6.45) is 6.30. The molecule has 4 heterocycles. The minimum absolute atomic E-state index is 0.0525. The fourth-order valence-electron chi connectivity index (χ4n) is 3.57. The van der Waals surface area contributed by atoms with E-state index in [1.807, 2.05) is 23.4 Å². The SMILES string of the molecule is CC(C)(C)c1cnc(CN2CCCN(C(=O)c3ccc(Cn4cc(Br)cn4)o3)CC2)o1. The molecule has 0 aromatic carbocycles. The Morgan fingerprint density at radius 3 is 2.65 bits per heavy atom. The molecule has 0 unspecified atom stereocenters. The summed E-state index contributed by atoms with van der Waals surface area (Å²) in [6.45, 7) is 10.5. The summed E-state index contributed by atoms with van der Waals surface area (Å²) >= 11 is 3.38. The standard InChI is InChI=1S/C22H28BrN5O3/c1-22(2,3)19-12-24-20(31-19)15-26-7-4-8-27(10-9-26)21(29)18-6-5-17(30-18)14-28-13-16(23)11-25-28/h5-6,11-13H,4,7-10,14-15H2,1-3H3. The largest absolute Gasteiger partial charge is 0.454 e. The van der Waals surface area contributed by atoms with Crippen LogP contribution < -0.4 is 0 Å². The number of oxazole rings is 1. The highest BCUT2D eigenvalue weighted by Crippen LogP contribution is 2.23. The summed E-state index contributed by atoms with van der Waals surface area (Å²) in [5.74, 6) is 2.63. The second-order valence-corrected chi connectivity index (χ2v) is 9.83. The molecular weight excluding hydrogens is 462 g/mol. The molecule has 0 saturated carbocycles. The first kappa shape index (κ1) is 21.8. The molecule has 1 saturated heterocycles. The van der Waals surface area contributed by atoms with Crippen molar-refractivity contribution in [3.8, 4) is 0 Å². The molecule has 0 atom stereocenters. The fourth-order valence-corrected chi connectivity index (χ4v) is 3.90. The van der Waals surface area contributed by atoms with Gasteiger partial charge < -0.3 is 13.7 Å². The first-order valence-corrected chi connectivity index (χ1v) is 11.3. The molecule has 8 nitrogen and oxygen atoms in total. The summed E-state index contributed by atoms with van der Waals surface area (Å²) in [5.41, 5.74) is -0.0525. The lowest BCUT2D eigenvalue weighted by molar-refractivity contribution is 0.0726. The van der Waals surface area contributed by atoms with Crippen LogP contribution in [-0.2, 0) is 18.5 Å². The lowest BCUT2D eigenvalue weighted by Gasteiger charge is -2.20. The van der Waals surface area contributed by atoms with Crippen molar-refractivity contribution in [3.05, 3.63) is 58.4 Å². The Hall–Kier alpha value is -2.39. The van der Waals surface area contributed by atoms with Crippen molar-refractivity contribution in [2.45, 2.75) is 45.7 Å². The molecule has 9 heteroatoms. The van der Waals surface area contributed by atoms with Gasteiger partial charge in [-0.2, -0.15) is 5.10 Å². The van der Waals surface area contributed by atoms with Crippen LogP contribution in [0.5, 0.6) is 0 Å². The van der Waals surface area contributed by atoms with Crippen LogP contribution in [0.15, 0.2) is 44.0 Å². The number of halogens is 1. The Kier molecular flexibility index (Phi) is 6.34. The third-order valence-electron chi connectivity index (χ3n) is 5.32. The summed E-state index contributed by atoms with van der Waals surface area (Å²) in [5, 5.41) is 4.22. The zero-order valence-corrected chi connectivity index (χ0v) is 19.8. The van der Waals surface area contributed by atoms with Gasteiger partial charge in [-0.05, 0) is 34.5 Å². The number of carbonyl (C=O) groups is 1. The van der Waals surface area contributed by atoms with Crippen LogP contribution in [-0.4, -0.2) is 56.7 Å². The Bertz CT molecular complexity index is 1030. The second kappa shape index (κ2) is 9.00. The highest BCUT2D eigenvalue weighted by molar-refractivity contribution is 9.10. The molecule has 0 radical (unpaired) electrons. The Labute approximate surface area is 190 Å². The molecule has 166 valence electrons. The van der Waals surface area contributed by atoms with E-state index in [2.05, 4.69) is 51.7 Å². The summed E-state index contributed by atoms with van der Waals surface area (Å²) in [4.78, 5) is 21.5. The molecule has 3 aromatic heterocycles. The van der Waals surface area contributed by atoms with Gasteiger partial charge in [0.05, 0.1) is 30.0 Å². The van der Waals surface area contributed by atoms with Gasteiger partial charge in [0.2, 0.25) is 5.89 Å². The lowest BCUT2D eigenvalue weighted by atomic mass is 9.94. The average Bonchev–Trinajstić information content (AvgIpc) is 3.42. The predicted molar refractivity (Wildman–Crippen MR) is 119 cm³/mol. The fraction of sp³-hybridized carbons (Fsp3) is 0.500. The Morgan fingerprint density at radius 1 is 1.10 bits per heavy atom. The van der Waals surface area contributed by atoms with E-state index in [0.717, 1.165) is 35.6 Å². The topological polar surface area (TPSA) is 80.5 Å². The number of furan rings is 1. The van der Waals surface area contributed by atoms with Gasteiger partial charge in [-0.15, -0.1) is 0 Å². The van der Waals surface area contributed by atoms with E-state index in [-0.39, 0.29) is 11.3 Å². The van der Waals surface area contributed by atoms with Crippen molar-refractivity contribution >= 4 is 21.8 Å². The van der Waals surface area contributed by atoms with Crippen LogP contribution in [0.3, 0.4) is 0 Å². The van der Waals surface area contributed by atoms with Gasteiger partial charge in [0.25, 0.3) is 5.91 Å². The van der Waals surface area contributed by atoms with E-state index in [4.69, 9.17) is 8.83 Å². The minimum atomic E-state index is -0.0686. The highest BCUT2D eigenvalue weighted by atomic mass is 79.9. The van der Waals surface area contributed by atoms with Gasteiger partial charge in [0.15, 0.2) is 5.76 Å². The van der Waals surface area contributed by atoms with Crippen LogP contribution >= 0.6 is 15.9 Å². The Balaban J connectivity index is 1.33. The van der Waals surface area contributed by atoms with Crippen LogP contribution in [0.4, 0.5) is 0 Å². The molecule has 0 aliphatic carbocycles. The smallest absolute Gasteiger partial charge is 0.289 e. The van der Waals surface area contributed by atoms with Crippen molar-refractivity contribution in [2.75, 3.05) is 26.2 Å². The van der Waals surface area contributed by atoms with Crippen molar-refractivity contribution in [2.24, 2.45) is 0 Å². The van der Waals surface area contributed by atoms with Crippen molar-refractivity contribution < 1.29 is 13.6 Å². The molecule has 1 aliphatic rings. The first-order valence-electron chi connectivity index (χ1n) is 10.5. The molecule has 4 rings (SSSR count). The third kappa shape index (κ3) is 5.46. The van der Waals surface area contributed by atoms with E-state index in [1.165, 1.54) is 0 Å². The monoisotopic (exact) mass is 489 g/mol. The molecular formula is C22H28BrN5O3. The van der Waals surface area contributed by atoms with E-state index in [0.29, 0.717) is 37.7 Å². The minimum Gasteiger partial charge on any atom is -0.454 e. The molecule has 1 fully saturated rings. The number of rotatable bonds is 5. The molecule has 31 heavy (non-hydrogen) atoms. The molecule has 1 aliphatic heterocycles. The number of hydrogen-bond acceptors (Lipinski definition) is 6. The number of carbonyl (C=O) groups excluding carboxylic acids is 1. The number of aromatic nitrogens is 3. The van der Waals surface area contributed by atoms with Crippen LogP contribution in [0, 0.1) is 0 Å². The number of amides is 1. The van der Waals surface area contributed by atoms with E-state index in [1.54, 1.807) is 16.9 Å². The number of hydrogen-bond donors (Lipinski definition) is 0. The van der Waals surface area contributed by atoms with Gasteiger partial charge in [-0.1, -0.05) is 20.8 Å². The van der Waals surface area contributed by atoms with E-state index >= 15 is 0 Å². The molecule has 3 aromatic rings. The van der Waals surface area contributed by atoms with Crippen molar-refractivity contribution in [1.29, 1.82) is 0 Å². The normalized spacial score (nSPS) is 15.9. The second-order valence-electron chi connectivity index (χ2n) is 8.91. The summed E-state index contributed by atoms with van der Waals surface area (Å²) < 4.78 is 14.4. The molecule has 0 spiro atoms. The third-order valence-corrected chi connectivity index (χ3v) is 5.73. The van der Waals surface area contributed by atoms with Crippen LogP contribution in [0.1, 0.15) is 55.2 Å². The molecule has 1 amide bonds. The summed E-state index contributed by atoms with van der Waals surface area (Å²) in [7, 11) is 0. The quantitative estimate of drug-likeness (QED) is 0.540. The van der Waals surface area contributed by atoms with Crippen molar-refractivity contribution in [1.82, 2.24) is 24.6 Å². The average molecular weight is 490 g/mol. The zero-order valence-electron chi connectivity index (χ0n) is 18.2. The van der Waals surface area contributed by atoms with Crippen LogP contribution in [0.2, 0.25) is 0 Å². The predicted octanol–water partition coefficient (Wildman–Crippen LogP) is 3.92. The van der Waals surface area contributed by atoms with Gasteiger partial charge in [-0.25, -0.2) is 4.98 Å². The molecule has 0 bridgehead atoms. The van der Waals surface area contributed by atoms with Crippen molar-refractivity contribution in [3.63, 3.8) is 0 Å². The highest BCUT2D eigenvalue weighted by Gasteiger charge is 2.24. The lowest BCUT2D eigenvalue weighted by Crippen LogP contribution is -2.35. The van der Waals surface area contributed by atoms with E-state index in [9.17, 15) is 4.79 Å². The first-order chi connectivity index (χ1) is 14.8. The van der Waals surface area contributed by atoms with Gasteiger partial charge in [0.1, 0.15) is 11.5 Å². The Morgan fingerprint density at radius 2 is 1.94 bits per heavy atom. The van der Waals surface area contributed by atoms with E-state index < -0.39 is 0 Å². The van der Waals surface area contributed by atoms with Gasteiger partial charge >= 0.3 is 0 Å². The zero-order chi connectivity index (χ0) is 22.0. The van der Waals surface area contributed by atoms with Gasteiger partial charge in [-0.3, -0.25) is 14.4 Å².